The predicted octanol–water partition coefficient (Wildman–Crippen LogP) is 5.77. The van der Waals surface area contributed by atoms with E-state index in [2.05, 4.69) is 71.3 Å². The Labute approximate surface area is 204 Å². The van der Waals surface area contributed by atoms with Gasteiger partial charge in [0.05, 0.1) is 19.8 Å². The molecule has 0 aromatic heterocycles. The van der Waals surface area contributed by atoms with Crippen LogP contribution in [0, 0.1) is 17.8 Å². The van der Waals surface area contributed by atoms with Crippen LogP contribution < -0.4 is 0 Å². The molecule has 3 aromatic carbocycles. The highest BCUT2D eigenvalue weighted by Crippen LogP contribution is 2.25. The van der Waals surface area contributed by atoms with E-state index in [1.807, 2.05) is 36.4 Å². The fraction of sp³-hybridized carbons (Fsp3) is 0.355. The number of hydrogen-bond acceptors (Lipinski definition) is 3. The highest BCUT2D eigenvalue weighted by molar-refractivity contribution is 5.29. The van der Waals surface area contributed by atoms with Crippen LogP contribution in [0.15, 0.2) is 91.0 Å². The first-order valence-corrected chi connectivity index (χ1v) is 12.4. The molecule has 3 heteroatoms. The molecular formula is C31H35NO2. The Kier molecular flexibility index (Phi) is 9.78. The number of rotatable bonds is 10. The van der Waals surface area contributed by atoms with E-state index >= 15 is 0 Å². The van der Waals surface area contributed by atoms with E-state index in [0.717, 1.165) is 36.7 Å². The zero-order valence-corrected chi connectivity index (χ0v) is 19.9. The fourth-order valence-corrected chi connectivity index (χ4v) is 4.50. The summed E-state index contributed by atoms with van der Waals surface area (Å²) in [6.45, 7) is 4.64. The zero-order valence-electron chi connectivity index (χ0n) is 19.9. The molecule has 3 nitrogen and oxygen atoms in total. The third-order valence-corrected chi connectivity index (χ3v) is 6.39. The average Bonchev–Trinajstić information content (AvgIpc) is 2.90. The first-order chi connectivity index (χ1) is 16.9. The normalized spacial score (nSPS) is 14.6. The second-order valence-corrected chi connectivity index (χ2v) is 8.89. The molecule has 0 bridgehead atoms. The fourth-order valence-electron chi connectivity index (χ4n) is 4.50. The van der Waals surface area contributed by atoms with E-state index < -0.39 is 0 Å². The Morgan fingerprint density at radius 3 is 1.94 bits per heavy atom. The second kappa shape index (κ2) is 13.7. The molecule has 0 atom stereocenters. The Morgan fingerprint density at radius 2 is 1.32 bits per heavy atom. The maximum absolute atomic E-state index is 6.19. The molecule has 0 aliphatic carbocycles. The van der Waals surface area contributed by atoms with Gasteiger partial charge < -0.3 is 9.47 Å². The largest absolute Gasteiger partial charge is 0.366 e. The van der Waals surface area contributed by atoms with Crippen LogP contribution in [0.5, 0.6) is 0 Å². The van der Waals surface area contributed by atoms with Crippen molar-refractivity contribution in [3.63, 3.8) is 0 Å². The van der Waals surface area contributed by atoms with Gasteiger partial charge in [0, 0.05) is 0 Å². The van der Waals surface area contributed by atoms with E-state index in [1.54, 1.807) is 0 Å². The molecule has 1 aliphatic heterocycles. The predicted molar refractivity (Wildman–Crippen MR) is 139 cm³/mol. The summed E-state index contributed by atoms with van der Waals surface area (Å²) in [4.78, 5) is 2.46. The second-order valence-electron chi connectivity index (χ2n) is 8.89. The van der Waals surface area contributed by atoms with Gasteiger partial charge in [-0.2, -0.15) is 0 Å². The zero-order chi connectivity index (χ0) is 23.3. The van der Waals surface area contributed by atoms with Gasteiger partial charge in [0.25, 0.3) is 0 Å². The van der Waals surface area contributed by atoms with Crippen molar-refractivity contribution in [1.29, 1.82) is 0 Å². The van der Waals surface area contributed by atoms with E-state index in [-0.39, 0.29) is 6.10 Å². The Hall–Kier alpha value is -2.90. The highest BCUT2D eigenvalue weighted by atomic mass is 16.5. The van der Waals surface area contributed by atoms with Crippen LogP contribution in [0.3, 0.4) is 0 Å². The summed E-state index contributed by atoms with van der Waals surface area (Å²) in [7, 11) is 0. The first-order valence-electron chi connectivity index (χ1n) is 12.4. The molecule has 1 aliphatic rings. The molecular weight excluding hydrogens is 418 g/mol. The lowest BCUT2D eigenvalue weighted by Gasteiger charge is -2.30. The van der Waals surface area contributed by atoms with E-state index in [0.29, 0.717) is 19.8 Å². The summed E-state index contributed by atoms with van der Waals surface area (Å²) in [6, 6.07) is 31.5. The van der Waals surface area contributed by atoms with Gasteiger partial charge in [-0.25, -0.2) is 0 Å². The minimum Gasteiger partial charge on any atom is -0.366 e. The molecule has 3 aromatic rings. The number of ether oxygens (including phenoxy) is 2. The van der Waals surface area contributed by atoms with Crippen molar-refractivity contribution < 1.29 is 9.47 Å². The van der Waals surface area contributed by atoms with Crippen LogP contribution in [-0.2, 0) is 15.9 Å². The van der Waals surface area contributed by atoms with E-state index in [4.69, 9.17) is 9.47 Å². The summed E-state index contributed by atoms with van der Waals surface area (Å²) in [5.41, 5.74) is 3.77. The van der Waals surface area contributed by atoms with E-state index in [1.165, 1.54) is 24.8 Å². The molecule has 34 heavy (non-hydrogen) atoms. The molecule has 0 saturated carbocycles. The molecule has 4 rings (SSSR count). The molecule has 1 fully saturated rings. The molecule has 0 radical (unpaired) electrons. The SMILES string of the molecule is C(#CCN1CCC(Cc2ccccc2)CC1)COCCOC(c1ccccc1)c1ccccc1. The van der Waals surface area contributed by atoms with Crippen LogP contribution in [0.4, 0.5) is 0 Å². The van der Waals surface area contributed by atoms with Crippen molar-refractivity contribution >= 4 is 0 Å². The minimum absolute atomic E-state index is 0.0816. The lowest BCUT2D eigenvalue weighted by atomic mass is 9.90. The minimum atomic E-state index is -0.0816. The van der Waals surface area contributed by atoms with Gasteiger partial charge in [-0.3, -0.25) is 4.90 Å². The third-order valence-electron chi connectivity index (χ3n) is 6.39. The first kappa shape index (κ1) is 24.2. The molecule has 176 valence electrons. The maximum Gasteiger partial charge on any atom is 0.108 e. The molecule has 0 amide bonds. The molecule has 0 spiro atoms. The van der Waals surface area contributed by atoms with Crippen molar-refractivity contribution in [2.75, 3.05) is 39.5 Å². The van der Waals surface area contributed by atoms with Crippen LogP contribution in [0.25, 0.3) is 0 Å². The molecule has 0 unspecified atom stereocenters. The molecule has 1 saturated heterocycles. The van der Waals surface area contributed by atoms with Gasteiger partial charge in [0.15, 0.2) is 0 Å². The van der Waals surface area contributed by atoms with Gasteiger partial charge >= 0.3 is 0 Å². The Bertz CT molecular complexity index is 963. The number of nitrogens with zero attached hydrogens (tertiary/aromatic N) is 1. The van der Waals surface area contributed by atoms with Crippen molar-refractivity contribution in [1.82, 2.24) is 4.90 Å². The van der Waals surface area contributed by atoms with Gasteiger partial charge in [0.2, 0.25) is 0 Å². The van der Waals surface area contributed by atoms with Crippen LogP contribution >= 0.6 is 0 Å². The number of likely N-dealkylation sites (tertiary alicyclic amines) is 1. The topological polar surface area (TPSA) is 21.7 Å². The van der Waals surface area contributed by atoms with Crippen molar-refractivity contribution in [2.45, 2.75) is 25.4 Å². The average molecular weight is 454 g/mol. The number of benzene rings is 3. The van der Waals surface area contributed by atoms with Crippen LogP contribution in [0.2, 0.25) is 0 Å². The number of piperidine rings is 1. The van der Waals surface area contributed by atoms with Gasteiger partial charge in [-0.05, 0) is 55.0 Å². The smallest absolute Gasteiger partial charge is 0.108 e. The summed E-state index contributed by atoms with van der Waals surface area (Å²) in [6.07, 6.45) is 3.64. The van der Waals surface area contributed by atoms with Crippen LogP contribution in [0.1, 0.15) is 35.6 Å². The monoisotopic (exact) mass is 453 g/mol. The quantitative estimate of drug-likeness (QED) is 0.287. The van der Waals surface area contributed by atoms with Crippen molar-refractivity contribution in [2.24, 2.45) is 5.92 Å². The summed E-state index contributed by atoms with van der Waals surface area (Å²) >= 11 is 0. The maximum atomic E-state index is 6.19. The third kappa shape index (κ3) is 7.85. The van der Waals surface area contributed by atoms with Gasteiger partial charge in [-0.1, -0.05) is 103 Å². The van der Waals surface area contributed by atoms with E-state index in [9.17, 15) is 0 Å². The Balaban J connectivity index is 1.11. The standard InChI is InChI=1S/C31H35NO2/c1-4-12-27(13-5-1)26-28-18-21-32(22-19-28)20-10-11-23-33-24-25-34-31(29-14-6-2-7-15-29)30-16-8-3-9-17-30/h1-9,12-17,28,31H,18-26H2. The van der Waals surface area contributed by atoms with Crippen molar-refractivity contribution in [3.05, 3.63) is 108 Å². The molecule has 0 N–H and O–H groups in total. The Morgan fingerprint density at radius 1 is 0.735 bits per heavy atom. The highest BCUT2D eigenvalue weighted by Gasteiger charge is 2.18. The van der Waals surface area contributed by atoms with Gasteiger partial charge in [-0.15, -0.1) is 0 Å². The summed E-state index contributed by atoms with van der Waals surface area (Å²) in [5, 5.41) is 0. The van der Waals surface area contributed by atoms with Crippen LogP contribution in [-0.4, -0.2) is 44.4 Å². The lowest BCUT2D eigenvalue weighted by molar-refractivity contribution is 0.0283. The number of hydrogen-bond donors (Lipinski definition) is 0. The molecule has 1 heterocycles. The summed E-state index contributed by atoms with van der Waals surface area (Å²) < 4.78 is 11.9. The van der Waals surface area contributed by atoms with Gasteiger partial charge in [0.1, 0.15) is 12.7 Å². The van der Waals surface area contributed by atoms with Crippen molar-refractivity contribution in [3.8, 4) is 11.8 Å². The lowest BCUT2D eigenvalue weighted by Crippen LogP contribution is -2.34. The summed E-state index contributed by atoms with van der Waals surface area (Å²) in [5.74, 6) is 7.24.